The van der Waals surface area contributed by atoms with E-state index in [9.17, 15) is 0 Å². The molecule has 0 saturated heterocycles. The van der Waals surface area contributed by atoms with Crippen molar-refractivity contribution in [1.82, 2.24) is 9.55 Å². The molecule has 0 bridgehead atoms. The molecule has 0 aliphatic heterocycles. The normalized spacial score (nSPS) is 13.4. The Hall–Kier alpha value is -1.10. The molecule has 0 aliphatic carbocycles. The van der Waals surface area contributed by atoms with Crippen molar-refractivity contribution in [3.63, 3.8) is 0 Å². The van der Waals surface area contributed by atoms with E-state index < -0.39 is 0 Å². The van der Waals surface area contributed by atoms with Gasteiger partial charge in [0.15, 0.2) is 0 Å². The lowest BCUT2D eigenvalue weighted by Crippen LogP contribution is -2.19. The third-order valence-corrected chi connectivity index (χ3v) is 3.22. The summed E-state index contributed by atoms with van der Waals surface area (Å²) in [5.74, 6) is 0.854. The van der Waals surface area contributed by atoms with Crippen molar-refractivity contribution in [1.29, 1.82) is 0 Å². The highest BCUT2D eigenvalue weighted by Gasteiger charge is 2.20. The van der Waals surface area contributed by atoms with Crippen molar-refractivity contribution in [3.05, 3.63) is 29.0 Å². The van der Waals surface area contributed by atoms with E-state index in [-0.39, 0.29) is 12.1 Å². The van der Waals surface area contributed by atoms with Crippen molar-refractivity contribution in [2.24, 2.45) is 5.73 Å². The number of nitrogens with two attached hydrogens (primary N) is 1. The van der Waals surface area contributed by atoms with Crippen LogP contribution in [0.5, 0.6) is 0 Å². The first-order valence-electron chi connectivity index (χ1n) is 5.98. The van der Waals surface area contributed by atoms with Gasteiger partial charge in [0.2, 0.25) is 0 Å². The molecule has 0 aliphatic rings. The number of fused-ring (bicyclic) bond motifs is 1. The highest BCUT2D eigenvalue weighted by atomic mass is 35.5. The predicted octanol–water partition coefficient (Wildman–Crippen LogP) is 2.92. The Bertz CT molecular complexity index is 546. The van der Waals surface area contributed by atoms with Gasteiger partial charge in [-0.25, -0.2) is 4.98 Å². The van der Waals surface area contributed by atoms with Crippen LogP contribution in [0.25, 0.3) is 11.0 Å². The lowest BCUT2D eigenvalue weighted by Gasteiger charge is -2.18. The summed E-state index contributed by atoms with van der Waals surface area (Å²) in [4.78, 5) is 4.61. The van der Waals surface area contributed by atoms with E-state index >= 15 is 0 Å². The minimum absolute atomic E-state index is 0.196. The molecule has 0 saturated carbocycles. The Morgan fingerprint density at radius 1 is 1.44 bits per heavy atom. The molecule has 1 unspecified atom stereocenters. The Balaban J connectivity index is 2.68. The molecule has 5 heteroatoms. The van der Waals surface area contributed by atoms with Crippen molar-refractivity contribution < 1.29 is 4.74 Å². The maximum absolute atomic E-state index is 6.00. The topological polar surface area (TPSA) is 53.1 Å². The largest absolute Gasteiger partial charge is 0.372 e. The second kappa shape index (κ2) is 5.26. The van der Waals surface area contributed by atoms with E-state index in [0.717, 1.165) is 16.9 Å². The third-order valence-electron chi connectivity index (χ3n) is 2.98. The van der Waals surface area contributed by atoms with Crippen LogP contribution in [0.15, 0.2) is 18.2 Å². The third kappa shape index (κ3) is 2.23. The molecule has 1 aromatic heterocycles. The molecule has 0 fully saturated rings. The molecule has 1 atom stereocenters. The van der Waals surface area contributed by atoms with Gasteiger partial charge in [-0.05, 0) is 32.0 Å². The molecule has 2 aromatic rings. The molecular formula is C13H18ClN3O. The van der Waals surface area contributed by atoms with Crippen LogP contribution in [0.2, 0.25) is 5.02 Å². The van der Waals surface area contributed by atoms with Crippen molar-refractivity contribution >= 4 is 22.6 Å². The first kappa shape index (κ1) is 13.3. The monoisotopic (exact) mass is 267 g/mol. The van der Waals surface area contributed by atoms with Crippen molar-refractivity contribution in [3.8, 4) is 0 Å². The number of hydrogen-bond acceptors (Lipinski definition) is 3. The molecule has 1 heterocycles. The van der Waals surface area contributed by atoms with E-state index in [1.807, 2.05) is 18.2 Å². The van der Waals surface area contributed by atoms with E-state index in [2.05, 4.69) is 23.4 Å². The first-order chi connectivity index (χ1) is 8.58. The van der Waals surface area contributed by atoms with Crippen LogP contribution in [0, 0.1) is 0 Å². The van der Waals surface area contributed by atoms with E-state index in [4.69, 9.17) is 22.1 Å². The molecule has 0 amide bonds. The summed E-state index contributed by atoms with van der Waals surface area (Å²) in [6.07, 6.45) is -0.196. The lowest BCUT2D eigenvalue weighted by atomic mass is 10.2. The molecule has 1 aromatic carbocycles. The van der Waals surface area contributed by atoms with Gasteiger partial charge in [0.05, 0.1) is 11.0 Å². The fourth-order valence-corrected chi connectivity index (χ4v) is 2.33. The van der Waals surface area contributed by atoms with Crippen molar-refractivity contribution in [2.75, 3.05) is 13.7 Å². The van der Waals surface area contributed by atoms with Gasteiger partial charge in [-0.2, -0.15) is 0 Å². The van der Waals surface area contributed by atoms with E-state index in [1.165, 1.54) is 0 Å². The zero-order valence-corrected chi connectivity index (χ0v) is 11.6. The summed E-state index contributed by atoms with van der Waals surface area (Å²) in [5.41, 5.74) is 7.66. The molecule has 0 spiro atoms. The van der Waals surface area contributed by atoms with Gasteiger partial charge in [0.25, 0.3) is 0 Å². The Morgan fingerprint density at radius 3 is 2.72 bits per heavy atom. The number of ether oxygens (including phenoxy) is 1. The summed E-state index contributed by atoms with van der Waals surface area (Å²) in [7, 11) is 1.65. The Kier molecular flexibility index (Phi) is 3.90. The van der Waals surface area contributed by atoms with Gasteiger partial charge >= 0.3 is 0 Å². The van der Waals surface area contributed by atoms with E-state index in [0.29, 0.717) is 11.6 Å². The van der Waals surface area contributed by atoms with Gasteiger partial charge in [-0.1, -0.05) is 11.6 Å². The van der Waals surface area contributed by atoms with Crippen LogP contribution in [-0.2, 0) is 4.74 Å². The smallest absolute Gasteiger partial charge is 0.140 e. The highest BCUT2D eigenvalue weighted by molar-refractivity contribution is 6.31. The Labute approximate surface area is 112 Å². The van der Waals surface area contributed by atoms with Gasteiger partial charge in [-0.15, -0.1) is 0 Å². The molecule has 2 N–H and O–H groups in total. The molecule has 18 heavy (non-hydrogen) atoms. The number of rotatable bonds is 4. The standard InChI is InChI=1S/C13H18ClN3O/c1-8(2)17-11-5-4-9(14)6-10(11)16-13(17)12(7-15)18-3/h4-6,8,12H,7,15H2,1-3H3. The summed E-state index contributed by atoms with van der Waals surface area (Å²) in [5, 5.41) is 0.684. The number of benzene rings is 1. The highest BCUT2D eigenvalue weighted by Crippen LogP contribution is 2.27. The molecule has 98 valence electrons. The average Bonchev–Trinajstić information content (AvgIpc) is 2.68. The first-order valence-corrected chi connectivity index (χ1v) is 6.36. The molecule has 2 rings (SSSR count). The van der Waals surface area contributed by atoms with Crippen LogP contribution < -0.4 is 5.73 Å². The molecule has 4 nitrogen and oxygen atoms in total. The fraction of sp³-hybridized carbons (Fsp3) is 0.462. The Morgan fingerprint density at radius 2 is 2.17 bits per heavy atom. The predicted molar refractivity (Wildman–Crippen MR) is 73.9 cm³/mol. The SMILES string of the molecule is COC(CN)c1nc2cc(Cl)ccc2n1C(C)C. The number of methoxy groups -OCH3 is 1. The van der Waals surface area contributed by atoms with Crippen LogP contribution in [0.3, 0.4) is 0 Å². The summed E-state index contributed by atoms with van der Waals surface area (Å²) in [6.45, 7) is 4.63. The zero-order chi connectivity index (χ0) is 13.3. The van der Waals surface area contributed by atoms with Gasteiger partial charge < -0.3 is 15.0 Å². The van der Waals surface area contributed by atoms with Crippen LogP contribution in [0.1, 0.15) is 31.8 Å². The minimum Gasteiger partial charge on any atom is -0.372 e. The van der Waals surface area contributed by atoms with Crippen molar-refractivity contribution in [2.45, 2.75) is 26.0 Å². The van der Waals surface area contributed by atoms with Gasteiger partial charge in [0, 0.05) is 24.7 Å². The molecule has 0 radical (unpaired) electrons. The maximum atomic E-state index is 6.00. The zero-order valence-electron chi connectivity index (χ0n) is 10.9. The summed E-state index contributed by atoms with van der Waals surface area (Å²) >= 11 is 6.00. The fourth-order valence-electron chi connectivity index (χ4n) is 2.17. The van der Waals surface area contributed by atoms with E-state index in [1.54, 1.807) is 7.11 Å². The second-order valence-corrected chi connectivity index (χ2v) is 4.96. The number of aromatic nitrogens is 2. The number of nitrogens with zero attached hydrogens (tertiary/aromatic N) is 2. The van der Waals surface area contributed by atoms with Crippen LogP contribution in [-0.4, -0.2) is 23.2 Å². The lowest BCUT2D eigenvalue weighted by molar-refractivity contribution is 0.0992. The summed E-state index contributed by atoms with van der Waals surface area (Å²) in [6, 6.07) is 6.01. The quantitative estimate of drug-likeness (QED) is 0.927. The van der Waals surface area contributed by atoms with Crippen LogP contribution in [0.4, 0.5) is 0 Å². The maximum Gasteiger partial charge on any atom is 0.140 e. The van der Waals surface area contributed by atoms with Gasteiger partial charge in [-0.3, -0.25) is 0 Å². The second-order valence-electron chi connectivity index (χ2n) is 4.53. The van der Waals surface area contributed by atoms with Crippen LogP contribution >= 0.6 is 11.6 Å². The molecular weight excluding hydrogens is 250 g/mol. The number of hydrogen-bond donors (Lipinski definition) is 1. The minimum atomic E-state index is -0.196. The number of halogens is 1. The van der Waals surface area contributed by atoms with Gasteiger partial charge in [0.1, 0.15) is 11.9 Å². The summed E-state index contributed by atoms with van der Waals surface area (Å²) < 4.78 is 7.54. The number of imidazole rings is 1. The average molecular weight is 268 g/mol.